The Morgan fingerprint density at radius 3 is 2.57 bits per heavy atom. The summed E-state index contributed by atoms with van der Waals surface area (Å²) in [6, 6.07) is 11.6. The highest BCUT2D eigenvalue weighted by atomic mass is 35.5. The largest absolute Gasteiger partial charge is 0.346 e. The number of hydrogen-bond acceptors (Lipinski definition) is 6. The van der Waals surface area contributed by atoms with E-state index in [-0.39, 0.29) is 5.91 Å². The molecular weight excluding hydrogens is 430 g/mol. The lowest BCUT2D eigenvalue weighted by molar-refractivity contribution is 0.0954. The molecule has 1 aromatic carbocycles. The van der Waals surface area contributed by atoms with E-state index in [1.165, 1.54) is 11.3 Å². The van der Waals surface area contributed by atoms with E-state index in [9.17, 15) is 4.79 Å². The third-order valence-corrected chi connectivity index (χ3v) is 7.86. The minimum Gasteiger partial charge on any atom is -0.346 e. The van der Waals surface area contributed by atoms with Crippen molar-refractivity contribution < 1.29 is 4.79 Å². The Morgan fingerprint density at radius 1 is 1.04 bits per heavy atom. The van der Waals surface area contributed by atoms with Crippen molar-refractivity contribution in [1.82, 2.24) is 15.3 Å². The topological polar surface area (TPSA) is 54.9 Å². The molecule has 4 rings (SSSR count). The van der Waals surface area contributed by atoms with Crippen LogP contribution in [0, 0.1) is 13.8 Å². The number of benzene rings is 1. The smallest absolute Gasteiger partial charge is 0.263 e. The lowest BCUT2D eigenvalue weighted by Crippen LogP contribution is -2.22. The maximum atomic E-state index is 12.7. The van der Waals surface area contributed by atoms with Gasteiger partial charge in [0.2, 0.25) is 0 Å². The number of nitrogens with zero attached hydrogens (tertiary/aromatic N) is 2. The zero-order valence-corrected chi connectivity index (χ0v) is 18.4. The zero-order valence-electron chi connectivity index (χ0n) is 15.2. The monoisotopic (exact) mass is 445 g/mol. The molecule has 0 aliphatic carbocycles. The molecule has 0 unspecified atom stereocenters. The molecule has 1 amide bonds. The average molecular weight is 446 g/mol. The summed E-state index contributed by atoms with van der Waals surface area (Å²) in [6.45, 7) is 4.25. The molecule has 0 aliphatic heterocycles. The number of carbonyl (C=O) groups is 1. The number of nitrogens with one attached hydrogen (secondary N) is 1. The predicted molar refractivity (Wildman–Crippen MR) is 119 cm³/mol. The molecule has 1 N–H and O–H groups in total. The van der Waals surface area contributed by atoms with E-state index in [2.05, 4.69) is 15.3 Å². The molecule has 0 bridgehead atoms. The summed E-state index contributed by atoms with van der Waals surface area (Å²) in [5, 5.41) is 7.43. The number of thiazole rings is 2. The van der Waals surface area contributed by atoms with Gasteiger partial charge in [0.25, 0.3) is 5.91 Å². The molecule has 4 nitrogen and oxygen atoms in total. The second-order valence-electron chi connectivity index (χ2n) is 6.10. The number of halogens is 1. The summed E-state index contributed by atoms with van der Waals surface area (Å²) in [4.78, 5) is 24.6. The van der Waals surface area contributed by atoms with Crippen LogP contribution in [0.25, 0.3) is 20.5 Å². The van der Waals surface area contributed by atoms with Gasteiger partial charge in [0.15, 0.2) is 0 Å². The van der Waals surface area contributed by atoms with E-state index >= 15 is 0 Å². The molecule has 142 valence electrons. The zero-order chi connectivity index (χ0) is 19.7. The summed E-state index contributed by atoms with van der Waals surface area (Å²) in [7, 11) is 0. The van der Waals surface area contributed by atoms with E-state index in [1.54, 1.807) is 22.7 Å². The van der Waals surface area contributed by atoms with Crippen molar-refractivity contribution in [2.75, 3.05) is 0 Å². The van der Waals surface area contributed by atoms with Crippen molar-refractivity contribution >= 4 is 51.5 Å². The molecule has 8 heteroatoms. The molecule has 0 aliphatic rings. The first kappa shape index (κ1) is 19.3. The van der Waals surface area contributed by atoms with Gasteiger partial charge in [-0.05, 0) is 31.4 Å². The summed E-state index contributed by atoms with van der Waals surface area (Å²) in [6.07, 6.45) is 0. The molecule has 3 heterocycles. The number of rotatable bonds is 5. The molecule has 28 heavy (non-hydrogen) atoms. The number of hydrogen-bond donors (Lipinski definition) is 1. The second kappa shape index (κ2) is 8.13. The van der Waals surface area contributed by atoms with Crippen LogP contribution in [0.3, 0.4) is 0 Å². The highest BCUT2D eigenvalue weighted by Gasteiger charge is 2.18. The van der Waals surface area contributed by atoms with Crippen LogP contribution in [0.15, 0.2) is 41.8 Å². The van der Waals surface area contributed by atoms with Crippen molar-refractivity contribution in [3.8, 4) is 20.5 Å². The van der Waals surface area contributed by atoms with E-state index < -0.39 is 0 Å². The van der Waals surface area contributed by atoms with Crippen molar-refractivity contribution in [2.45, 2.75) is 20.4 Å². The summed E-state index contributed by atoms with van der Waals surface area (Å²) >= 11 is 10.9. The van der Waals surface area contributed by atoms with Crippen molar-refractivity contribution in [2.24, 2.45) is 0 Å². The first-order chi connectivity index (χ1) is 13.5. The van der Waals surface area contributed by atoms with Crippen LogP contribution in [0.5, 0.6) is 0 Å². The number of carbonyl (C=O) groups excluding carboxylic acids is 1. The maximum Gasteiger partial charge on any atom is 0.263 e. The highest BCUT2D eigenvalue weighted by Crippen LogP contribution is 2.33. The van der Waals surface area contributed by atoms with Gasteiger partial charge in [-0.2, -0.15) is 0 Å². The van der Waals surface area contributed by atoms with Crippen LogP contribution in [0.1, 0.15) is 25.9 Å². The van der Waals surface area contributed by atoms with Crippen LogP contribution in [0.4, 0.5) is 0 Å². The number of amides is 1. The van der Waals surface area contributed by atoms with Gasteiger partial charge in [-0.3, -0.25) is 4.79 Å². The molecule has 0 saturated carbocycles. The van der Waals surface area contributed by atoms with E-state index in [1.807, 2.05) is 55.6 Å². The predicted octanol–water partition coefficient (Wildman–Crippen LogP) is 6.20. The van der Waals surface area contributed by atoms with Crippen LogP contribution in [-0.2, 0) is 6.54 Å². The van der Waals surface area contributed by atoms with E-state index in [0.717, 1.165) is 36.7 Å². The van der Waals surface area contributed by atoms with Gasteiger partial charge < -0.3 is 5.32 Å². The highest BCUT2D eigenvalue weighted by molar-refractivity contribution is 7.22. The van der Waals surface area contributed by atoms with Crippen molar-refractivity contribution in [3.05, 3.63) is 67.9 Å². The molecular formula is C20H16ClN3OS3. The molecule has 0 radical (unpaired) electrons. The number of aryl methyl sites for hydroxylation is 2. The summed E-state index contributed by atoms with van der Waals surface area (Å²) < 4.78 is 0. The Kier molecular flexibility index (Phi) is 5.59. The fraction of sp³-hybridized carbons (Fsp3) is 0.150. The minimum atomic E-state index is -0.107. The minimum absolute atomic E-state index is 0.107. The third kappa shape index (κ3) is 3.89. The first-order valence-electron chi connectivity index (χ1n) is 8.53. The Morgan fingerprint density at radius 2 is 1.82 bits per heavy atom. The lowest BCUT2D eigenvalue weighted by atomic mass is 10.2. The van der Waals surface area contributed by atoms with Gasteiger partial charge in [0, 0.05) is 10.4 Å². The van der Waals surface area contributed by atoms with E-state index in [0.29, 0.717) is 16.4 Å². The molecule has 0 spiro atoms. The van der Waals surface area contributed by atoms with Gasteiger partial charge in [-0.15, -0.1) is 34.0 Å². The third-order valence-electron chi connectivity index (χ3n) is 4.14. The summed E-state index contributed by atoms with van der Waals surface area (Å²) in [5.74, 6) is -0.107. The standard InChI is InChI=1S/C20H16ClN3OS3/c1-11-16(27-19(23-11)13-6-3-4-7-14(13)21)10-22-18(25)17-12(2)24-20(28-17)15-8-5-9-26-15/h3-9H,10H2,1-2H3,(H,22,25). The van der Waals surface area contributed by atoms with Gasteiger partial charge in [0.05, 0.1) is 27.8 Å². The van der Waals surface area contributed by atoms with Crippen LogP contribution in [0.2, 0.25) is 5.02 Å². The SMILES string of the molecule is Cc1nc(-c2ccccc2Cl)sc1CNC(=O)c1sc(-c2cccs2)nc1C. The van der Waals surface area contributed by atoms with Crippen LogP contribution >= 0.6 is 45.6 Å². The van der Waals surface area contributed by atoms with Gasteiger partial charge in [0.1, 0.15) is 14.9 Å². The molecule has 0 atom stereocenters. The average Bonchev–Trinajstić information content (AvgIpc) is 3.40. The van der Waals surface area contributed by atoms with Gasteiger partial charge >= 0.3 is 0 Å². The first-order valence-corrected chi connectivity index (χ1v) is 11.4. The van der Waals surface area contributed by atoms with Gasteiger partial charge in [-0.1, -0.05) is 35.9 Å². The lowest BCUT2D eigenvalue weighted by Gasteiger charge is -2.02. The molecule has 4 aromatic rings. The molecule has 0 saturated heterocycles. The fourth-order valence-electron chi connectivity index (χ4n) is 2.70. The molecule has 0 fully saturated rings. The molecule has 3 aromatic heterocycles. The number of thiophene rings is 1. The Hall–Kier alpha value is -2.06. The van der Waals surface area contributed by atoms with Crippen LogP contribution < -0.4 is 5.32 Å². The maximum absolute atomic E-state index is 12.7. The van der Waals surface area contributed by atoms with Crippen LogP contribution in [-0.4, -0.2) is 15.9 Å². The Labute approximate surface area is 179 Å². The normalized spacial score (nSPS) is 11.0. The van der Waals surface area contributed by atoms with Crippen molar-refractivity contribution in [3.63, 3.8) is 0 Å². The Bertz CT molecular complexity index is 1130. The van der Waals surface area contributed by atoms with E-state index in [4.69, 9.17) is 11.6 Å². The quantitative estimate of drug-likeness (QED) is 0.398. The Balaban J connectivity index is 1.49. The second-order valence-corrected chi connectivity index (χ2v) is 9.54. The number of aromatic nitrogens is 2. The fourth-order valence-corrected chi connectivity index (χ4v) is 5.80. The summed E-state index contributed by atoms with van der Waals surface area (Å²) in [5.41, 5.74) is 2.57. The van der Waals surface area contributed by atoms with Crippen molar-refractivity contribution in [1.29, 1.82) is 0 Å². The van der Waals surface area contributed by atoms with Gasteiger partial charge in [-0.25, -0.2) is 9.97 Å².